The van der Waals surface area contributed by atoms with Gasteiger partial charge in [0.25, 0.3) is 11.8 Å². The summed E-state index contributed by atoms with van der Waals surface area (Å²) in [4.78, 5) is 32.5. The van der Waals surface area contributed by atoms with Crippen molar-refractivity contribution in [3.63, 3.8) is 0 Å². The van der Waals surface area contributed by atoms with Crippen LogP contribution in [0.5, 0.6) is 5.75 Å². The molecule has 168 valence electrons. The summed E-state index contributed by atoms with van der Waals surface area (Å²) in [7, 11) is 2.07. The number of piperazine rings is 1. The van der Waals surface area contributed by atoms with Crippen LogP contribution < -0.4 is 4.74 Å². The molecule has 2 aromatic rings. The Labute approximate surface area is 190 Å². The quantitative estimate of drug-likeness (QED) is 0.656. The molecule has 6 nitrogen and oxygen atoms in total. The van der Waals surface area contributed by atoms with Crippen LogP contribution in [-0.2, 0) is 9.59 Å². The van der Waals surface area contributed by atoms with E-state index in [2.05, 4.69) is 22.9 Å². The van der Waals surface area contributed by atoms with Crippen LogP contribution in [0.1, 0.15) is 22.3 Å². The van der Waals surface area contributed by atoms with Crippen LogP contribution in [0.4, 0.5) is 0 Å². The lowest BCUT2D eigenvalue weighted by atomic mass is 10.0. The van der Waals surface area contributed by atoms with Gasteiger partial charge in [0.2, 0.25) is 0 Å². The lowest BCUT2D eigenvalue weighted by Gasteiger charge is -2.34. The Hall–Kier alpha value is -3.12. The van der Waals surface area contributed by atoms with Crippen LogP contribution in [0.3, 0.4) is 0 Å². The number of rotatable bonds is 6. The van der Waals surface area contributed by atoms with Crippen molar-refractivity contribution in [2.75, 3.05) is 46.4 Å². The van der Waals surface area contributed by atoms with Crippen LogP contribution in [-0.4, -0.2) is 72.9 Å². The van der Waals surface area contributed by atoms with Crippen LogP contribution in [0.25, 0.3) is 5.57 Å². The molecule has 1 fully saturated rings. The van der Waals surface area contributed by atoms with E-state index in [-0.39, 0.29) is 25.0 Å². The molecule has 0 spiro atoms. The molecule has 0 aromatic heterocycles. The van der Waals surface area contributed by atoms with E-state index < -0.39 is 0 Å². The summed E-state index contributed by atoms with van der Waals surface area (Å²) in [5, 5.41) is 0. The summed E-state index contributed by atoms with van der Waals surface area (Å²) in [5.41, 5.74) is 5.18. The van der Waals surface area contributed by atoms with E-state index in [0.717, 1.165) is 54.2 Å². The molecule has 2 aliphatic heterocycles. The molecule has 0 saturated carbocycles. The molecule has 1 saturated heterocycles. The first-order valence-electron chi connectivity index (χ1n) is 11.2. The highest BCUT2D eigenvalue weighted by atomic mass is 16.5. The van der Waals surface area contributed by atoms with Gasteiger partial charge in [-0.3, -0.25) is 14.5 Å². The molecule has 2 heterocycles. The fourth-order valence-corrected chi connectivity index (χ4v) is 4.34. The maximum atomic E-state index is 13.4. The molecule has 2 aliphatic rings. The largest absolute Gasteiger partial charge is 0.492 e. The molecule has 0 N–H and O–H groups in total. The van der Waals surface area contributed by atoms with Gasteiger partial charge in [-0.15, -0.1) is 0 Å². The summed E-state index contributed by atoms with van der Waals surface area (Å²) in [6, 6.07) is 13.8. The van der Waals surface area contributed by atoms with Crippen molar-refractivity contribution >= 4 is 17.4 Å². The predicted octanol–water partition coefficient (Wildman–Crippen LogP) is 3.02. The number of benzene rings is 2. The number of aryl methyl sites for hydroxylation is 3. The molecule has 32 heavy (non-hydrogen) atoms. The second-order valence-corrected chi connectivity index (χ2v) is 8.81. The zero-order valence-electron chi connectivity index (χ0n) is 19.4. The Kier molecular flexibility index (Phi) is 6.33. The first kappa shape index (κ1) is 22.1. The highest BCUT2D eigenvalue weighted by molar-refractivity contribution is 6.35. The Morgan fingerprint density at radius 1 is 0.812 bits per heavy atom. The minimum absolute atomic E-state index is 0.220. The van der Waals surface area contributed by atoms with Crippen molar-refractivity contribution in [1.29, 1.82) is 0 Å². The van der Waals surface area contributed by atoms with Crippen molar-refractivity contribution in [1.82, 2.24) is 14.7 Å². The third-order valence-electron chi connectivity index (χ3n) is 6.08. The number of ether oxygens (including phenoxy) is 1. The molecular weight excluding hydrogens is 402 g/mol. The van der Waals surface area contributed by atoms with Crippen LogP contribution in [0.2, 0.25) is 0 Å². The van der Waals surface area contributed by atoms with E-state index in [0.29, 0.717) is 11.3 Å². The lowest BCUT2D eigenvalue weighted by molar-refractivity contribution is -0.138. The molecular formula is C26H31N3O3. The number of likely N-dealkylation sites (N-methyl/N-ethyl adjacent to an activating group) is 1. The summed E-state index contributed by atoms with van der Waals surface area (Å²) < 4.78 is 5.89. The molecule has 0 atom stereocenters. The second-order valence-electron chi connectivity index (χ2n) is 8.81. The third-order valence-corrected chi connectivity index (χ3v) is 6.08. The maximum Gasteiger partial charge on any atom is 0.277 e. The van der Waals surface area contributed by atoms with Crippen LogP contribution >= 0.6 is 0 Å². The van der Waals surface area contributed by atoms with Gasteiger partial charge in [0, 0.05) is 26.2 Å². The average Bonchev–Trinajstić information content (AvgIpc) is 2.99. The van der Waals surface area contributed by atoms with E-state index in [4.69, 9.17) is 4.74 Å². The van der Waals surface area contributed by atoms with Gasteiger partial charge in [-0.05, 0) is 56.6 Å². The fraction of sp³-hybridized carbons (Fsp3) is 0.385. The first-order chi connectivity index (χ1) is 15.3. The van der Waals surface area contributed by atoms with E-state index in [1.807, 2.05) is 57.2 Å². The summed E-state index contributed by atoms with van der Waals surface area (Å²) in [6.07, 6.45) is 0. The Morgan fingerprint density at radius 3 is 2.06 bits per heavy atom. The van der Waals surface area contributed by atoms with Gasteiger partial charge in [-0.25, -0.2) is 0 Å². The van der Waals surface area contributed by atoms with E-state index >= 15 is 0 Å². The number of amides is 2. The van der Waals surface area contributed by atoms with Gasteiger partial charge in [0.05, 0.1) is 12.1 Å². The van der Waals surface area contributed by atoms with Crippen LogP contribution in [0, 0.1) is 20.8 Å². The first-order valence-corrected chi connectivity index (χ1v) is 11.2. The average molecular weight is 434 g/mol. The van der Waals surface area contributed by atoms with Gasteiger partial charge in [-0.2, -0.15) is 0 Å². The Bertz CT molecular complexity index is 1030. The van der Waals surface area contributed by atoms with Crippen molar-refractivity contribution in [3.8, 4) is 5.75 Å². The Morgan fingerprint density at radius 2 is 1.44 bits per heavy atom. The summed E-state index contributed by atoms with van der Waals surface area (Å²) in [5.74, 6) is 0.295. The number of hydrogen-bond donors (Lipinski definition) is 0. The SMILES string of the molecule is Cc1ccc(C2=C(N3CCN(C)CC3)C(=O)N(CCOc3cc(C)cc(C)c3)C2=O)cc1. The smallest absolute Gasteiger partial charge is 0.277 e. The zero-order chi connectivity index (χ0) is 22.8. The molecule has 2 amide bonds. The van der Waals surface area contributed by atoms with Gasteiger partial charge >= 0.3 is 0 Å². The fourth-order valence-electron chi connectivity index (χ4n) is 4.34. The highest BCUT2D eigenvalue weighted by Crippen LogP contribution is 2.32. The van der Waals surface area contributed by atoms with Crippen molar-refractivity contribution in [2.45, 2.75) is 20.8 Å². The molecule has 0 radical (unpaired) electrons. The second kappa shape index (κ2) is 9.17. The van der Waals surface area contributed by atoms with Gasteiger partial charge in [-0.1, -0.05) is 35.9 Å². The Balaban J connectivity index is 1.56. The topological polar surface area (TPSA) is 53.1 Å². The molecule has 0 aliphatic carbocycles. The zero-order valence-corrected chi connectivity index (χ0v) is 19.4. The molecule has 6 heteroatoms. The normalized spacial score (nSPS) is 17.5. The van der Waals surface area contributed by atoms with E-state index in [9.17, 15) is 9.59 Å². The predicted molar refractivity (Wildman–Crippen MR) is 125 cm³/mol. The van der Waals surface area contributed by atoms with Gasteiger partial charge in [0.1, 0.15) is 18.1 Å². The van der Waals surface area contributed by atoms with Crippen molar-refractivity contribution in [2.24, 2.45) is 0 Å². The number of carbonyl (C=O) groups is 2. The summed E-state index contributed by atoms with van der Waals surface area (Å²) in [6.45, 7) is 9.72. The van der Waals surface area contributed by atoms with Crippen LogP contribution in [0.15, 0.2) is 48.2 Å². The third kappa shape index (κ3) is 4.55. The van der Waals surface area contributed by atoms with Crippen molar-refractivity contribution in [3.05, 3.63) is 70.4 Å². The standard InChI is InChI=1S/C26H31N3O3/c1-18-5-7-21(8-6-18)23-24(28-11-9-27(4)10-12-28)26(31)29(25(23)30)13-14-32-22-16-19(2)15-20(3)17-22/h5-8,15-17H,9-14H2,1-4H3. The molecule has 2 aromatic carbocycles. The maximum absolute atomic E-state index is 13.4. The molecule has 0 unspecified atom stereocenters. The number of nitrogens with zero attached hydrogens (tertiary/aromatic N) is 3. The monoisotopic (exact) mass is 433 g/mol. The lowest BCUT2D eigenvalue weighted by Crippen LogP contribution is -2.46. The van der Waals surface area contributed by atoms with Gasteiger partial charge in [0.15, 0.2) is 0 Å². The number of carbonyl (C=O) groups excluding carboxylic acids is 2. The van der Waals surface area contributed by atoms with Gasteiger partial charge < -0.3 is 14.5 Å². The van der Waals surface area contributed by atoms with Crippen molar-refractivity contribution < 1.29 is 14.3 Å². The molecule has 0 bridgehead atoms. The molecule has 4 rings (SSSR count). The summed E-state index contributed by atoms with van der Waals surface area (Å²) >= 11 is 0. The minimum atomic E-state index is -0.239. The van der Waals surface area contributed by atoms with E-state index in [1.54, 1.807) is 0 Å². The number of hydrogen-bond acceptors (Lipinski definition) is 5. The highest BCUT2D eigenvalue weighted by Gasteiger charge is 2.41. The van der Waals surface area contributed by atoms with E-state index in [1.165, 1.54) is 4.90 Å². The minimum Gasteiger partial charge on any atom is -0.492 e. The number of imide groups is 1.